The predicted octanol–water partition coefficient (Wildman–Crippen LogP) is 2.88. The molecule has 0 heterocycles. The van der Waals surface area contributed by atoms with E-state index in [1.54, 1.807) is 6.92 Å². The Hall–Kier alpha value is -2.04. The van der Waals surface area contributed by atoms with Crippen LogP contribution in [0.2, 0.25) is 5.02 Å². The second kappa shape index (κ2) is 7.82. The fourth-order valence-corrected chi connectivity index (χ4v) is 2.08. The summed E-state index contributed by atoms with van der Waals surface area (Å²) in [5, 5.41) is 3.75. The molecule has 0 saturated carbocycles. The van der Waals surface area contributed by atoms with Gasteiger partial charge in [-0.3, -0.25) is 4.79 Å². The van der Waals surface area contributed by atoms with Gasteiger partial charge in [-0.25, -0.2) is 0 Å². The second-order valence-electron chi connectivity index (χ2n) is 5.07. The van der Waals surface area contributed by atoms with Gasteiger partial charge in [-0.15, -0.1) is 0 Å². The summed E-state index contributed by atoms with van der Waals surface area (Å²) in [6.45, 7) is 2.79. The number of benzene rings is 2. The Morgan fingerprint density at radius 1 is 1.23 bits per heavy atom. The number of rotatable bonds is 7. The number of halogens is 1. The van der Waals surface area contributed by atoms with Crippen molar-refractivity contribution in [2.75, 3.05) is 0 Å². The Morgan fingerprint density at radius 2 is 1.95 bits per heavy atom. The molecule has 0 aliphatic heterocycles. The van der Waals surface area contributed by atoms with Gasteiger partial charge in [0.15, 0.2) is 0 Å². The first-order valence-corrected chi connectivity index (χ1v) is 7.41. The van der Waals surface area contributed by atoms with Crippen molar-refractivity contribution in [2.45, 2.75) is 26.1 Å². The van der Waals surface area contributed by atoms with Gasteiger partial charge in [-0.2, -0.15) is 0 Å². The third kappa shape index (κ3) is 5.06. The minimum atomic E-state index is -0.360. The van der Waals surface area contributed by atoms with E-state index in [1.165, 1.54) is 0 Å². The second-order valence-corrected chi connectivity index (χ2v) is 5.50. The van der Waals surface area contributed by atoms with Crippen LogP contribution in [0.1, 0.15) is 18.1 Å². The number of carbonyl (C=O) groups is 1. The van der Waals surface area contributed by atoms with Crippen LogP contribution in [0, 0.1) is 0 Å². The van der Waals surface area contributed by atoms with E-state index in [0.717, 1.165) is 16.9 Å². The minimum absolute atomic E-state index is 0.348. The predicted molar refractivity (Wildman–Crippen MR) is 87.7 cm³/mol. The van der Waals surface area contributed by atoms with Gasteiger partial charge in [0.2, 0.25) is 5.91 Å². The molecular weight excluding hydrogens is 300 g/mol. The van der Waals surface area contributed by atoms with Crippen molar-refractivity contribution < 1.29 is 9.53 Å². The average Bonchev–Trinajstić information content (AvgIpc) is 2.51. The summed E-state index contributed by atoms with van der Waals surface area (Å²) < 4.78 is 5.71. The van der Waals surface area contributed by atoms with Crippen molar-refractivity contribution in [3.63, 3.8) is 0 Å². The highest BCUT2D eigenvalue weighted by Crippen LogP contribution is 2.16. The van der Waals surface area contributed by atoms with Crippen molar-refractivity contribution in [3.05, 3.63) is 64.7 Å². The van der Waals surface area contributed by atoms with Gasteiger partial charge in [0, 0.05) is 11.6 Å². The van der Waals surface area contributed by atoms with E-state index in [1.807, 2.05) is 48.5 Å². The minimum Gasteiger partial charge on any atom is -0.489 e. The summed E-state index contributed by atoms with van der Waals surface area (Å²) in [4.78, 5) is 10.9. The van der Waals surface area contributed by atoms with Crippen molar-refractivity contribution in [2.24, 2.45) is 5.73 Å². The zero-order chi connectivity index (χ0) is 15.9. The number of carbonyl (C=O) groups excluding carboxylic acids is 1. The highest BCUT2D eigenvalue weighted by molar-refractivity contribution is 6.30. The van der Waals surface area contributed by atoms with Crippen molar-refractivity contribution in [3.8, 4) is 5.75 Å². The van der Waals surface area contributed by atoms with Gasteiger partial charge in [0.05, 0.1) is 6.04 Å². The lowest BCUT2D eigenvalue weighted by atomic mass is 10.2. The highest BCUT2D eigenvalue weighted by Gasteiger charge is 2.07. The van der Waals surface area contributed by atoms with Crippen LogP contribution >= 0.6 is 11.6 Å². The Labute approximate surface area is 135 Å². The first-order chi connectivity index (χ1) is 10.5. The molecule has 0 aromatic heterocycles. The summed E-state index contributed by atoms with van der Waals surface area (Å²) in [6, 6.07) is 14.9. The van der Waals surface area contributed by atoms with Crippen LogP contribution < -0.4 is 15.8 Å². The zero-order valence-electron chi connectivity index (χ0n) is 12.4. The first kappa shape index (κ1) is 16.3. The van der Waals surface area contributed by atoms with Crippen LogP contribution in [-0.4, -0.2) is 11.9 Å². The molecule has 2 aromatic carbocycles. The average molecular weight is 319 g/mol. The van der Waals surface area contributed by atoms with E-state index < -0.39 is 0 Å². The maximum absolute atomic E-state index is 10.9. The van der Waals surface area contributed by atoms with Gasteiger partial charge in [-0.1, -0.05) is 35.9 Å². The molecule has 0 fully saturated rings. The number of hydrogen-bond acceptors (Lipinski definition) is 3. The van der Waals surface area contributed by atoms with Crippen molar-refractivity contribution in [1.29, 1.82) is 0 Å². The largest absolute Gasteiger partial charge is 0.489 e. The van der Waals surface area contributed by atoms with Crippen molar-refractivity contribution >= 4 is 17.5 Å². The lowest BCUT2D eigenvalue weighted by Gasteiger charge is -2.11. The normalized spacial score (nSPS) is 11.9. The van der Waals surface area contributed by atoms with Crippen molar-refractivity contribution in [1.82, 2.24) is 5.32 Å². The molecule has 0 spiro atoms. The molecule has 0 aliphatic rings. The fraction of sp³-hybridized carbons (Fsp3) is 0.235. The molecule has 1 atom stereocenters. The summed E-state index contributed by atoms with van der Waals surface area (Å²) in [5.41, 5.74) is 7.28. The zero-order valence-corrected chi connectivity index (χ0v) is 13.1. The molecule has 2 rings (SSSR count). The molecule has 22 heavy (non-hydrogen) atoms. The van der Waals surface area contributed by atoms with Crippen LogP contribution in [0.3, 0.4) is 0 Å². The number of primary amides is 1. The molecule has 116 valence electrons. The Kier molecular flexibility index (Phi) is 5.81. The summed E-state index contributed by atoms with van der Waals surface area (Å²) in [7, 11) is 0. The van der Waals surface area contributed by atoms with Gasteiger partial charge in [0.1, 0.15) is 12.4 Å². The topological polar surface area (TPSA) is 64.3 Å². The summed E-state index contributed by atoms with van der Waals surface area (Å²) in [6.07, 6.45) is 0. The fourth-order valence-electron chi connectivity index (χ4n) is 1.87. The van der Waals surface area contributed by atoms with Crippen LogP contribution in [0.5, 0.6) is 5.75 Å². The molecular formula is C17H19ClN2O2. The van der Waals surface area contributed by atoms with Crippen LogP contribution in [0.4, 0.5) is 0 Å². The van der Waals surface area contributed by atoms with E-state index in [4.69, 9.17) is 22.1 Å². The first-order valence-electron chi connectivity index (χ1n) is 7.03. The van der Waals surface area contributed by atoms with E-state index >= 15 is 0 Å². The molecule has 1 amide bonds. The number of nitrogens with two attached hydrogens (primary N) is 1. The maximum Gasteiger partial charge on any atom is 0.234 e. The molecule has 0 radical (unpaired) electrons. The van der Waals surface area contributed by atoms with Gasteiger partial charge >= 0.3 is 0 Å². The molecule has 2 aromatic rings. The van der Waals surface area contributed by atoms with Gasteiger partial charge in [0.25, 0.3) is 0 Å². The van der Waals surface area contributed by atoms with E-state index in [-0.39, 0.29) is 11.9 Å². The summed E-state index contributed by atoms with van der Waals surface area (Å²) >= 11 is 5.93. The van der Waals surface area contributed by atoms with Gasteiger partial charge < -0.3 is 15.8 Å². The smallest absolute Gasteiger partial charge is 0.234 e. The maximum atomic E-state index is 10.9. The third-order valence-corrected chi connectivity index (χ3v) is 3.49. The van der Waals surface area contributed by atoms with E-state index in [2.05, 4.69) is 5.32 Å². The standard InChI is InChI=1S/C17H19ClN2O2/c1-12(17(19)21)20-10-13-5-7-16(8-6-13)22-11-14-3-2-4-15(18)9-14/h2-9,12,20H,10-11H2,1H3,(H2,19,21)/t12-/m0/s1. The SMILES string of the molecule is C[C@H](NCc1ccc(OCc2cccc(Cl)c2)cc1)C(N)=O. The molecule has 0 unspecified atom stereocenters. The van der Waals surface area contributed by atoms with E-state index in [0.29, 0.717) is 18.2 Å². The highest BCUT2D eigenvalue weighted by atomic mass is 35.5. The van der Waals surface area contributed by atoms with Gasteiger partial charge in [-0.05, 0) is 42.3 Å². The van der Waals surface area contributed by atoms with Crippen LogP contribution in [0.25, 0.3) is 0 Å². The molecule has 0 bridgehead atoms. The van der Waals surface area contributed by atoms with Crippen LogP contribution in [-0.2, 0) is 17.9 Å². The monoisotopic (exact) mass is 318 g/mol. The molecule has 3 N–H and O–H groups in total. The van der Waals surface area contributed by atoms with Crippen LogP contribution in [0.15, 0.2) is 48.5 Å². The lowest BCUT2D eigenvalue weighted by Crippen LogP contribution is -2.38. The Morgan fingerprint density at radius 3 is 2.59 bits per heavy atom. The molecule has 4 nitrogen and oxygen atoms in total. The Bertz CT molecular complexity index is 629. The quantitative estimate of drug-likeness (QED) is 0.825. The number of amides is 1. The number of nitrogens with one attached hydrogen (secondary N) is 1. The molecule has 5 heteroatoms. The Balaban J connectivity index is 1.85. The molecule has 0 saturated heterocycles. The molecule has 0 aliphatic carbocycles. The third-order valence-electron chi connectivity index (χ3n) is 3.26. The number of ether oxygens (including phenoxy) is 1. The van der Waals surface area contributed by atoms with E-state index in [9.17, 15) is 4.79 Å². The number of hydrogen-bond donors (Lipinski definition) is 2. The summed E-state index contributed by atoms with van der Waals surface area (Å²) in [5.74, 6) is 0.424. The lowest BCUT2D eigenvalue weighted by molar-refractivity contribution is -0.119.